The molecule has 4 heteroatoms. The number of aliphatic hydroxyl groups is 1. The number of para-hydroxylation sites is 1. The van der Waals surface area contributed by atoms with Crippen LogP contribution in [0, 0.1) is 0 Å². The van der Waals surface area contributed by atoms with Crippen LogP contribution in [-0.2, 0) is 17.6 Å². The van der Waals surface area contributed by atoms with Crippen LogP contribution in [0.2, 0.25) is 0 Å². The van der Waals surface area contributed by atoms with Gasteiger partial charge in [0, 0.05) is 5.69 Å². The first kappa shape index (κ1) is 14.5. The third-order valence-corrected chi connectivity index (χ3v) is 3.07. The van der Waals surface area contributed by atoms with E-state index in [2.05, 4.69) is 19.2 Å². The van der Waals surface area contributed by atoms with E-state index in [4.69, 9.17) is 5.11 Å². The Kier molecular flexibility index (Phi) is 4.73. The Hall–Kier alpha value is -1.55. The quantitative estimate of drug-likeness (QED) is 0.724. The van der Waals surface area contributed by atoms with Gasteiger partial charge < -0.3 is 15.5 Å². The minimum absolute atomic E-state index is 0.00759. The Bertz CT molecular complexity index is 405. The molecule has 1 aromatic carbocycles. The van der Waals surface area contributed by atoms with Gasteiger partial charge in [-0.3, -0.25) is 0 Å². The first-order valence-corrected chi connectivity index (χ1v) is 6.22. The van der Waals surface area contributed by atoms with Crippen molar-refractivity contribution in [3.8, 4) is 0 Å². The first-order chi connectivity index (χ1) is 8.42. The normalized spacial score (nSPS) is 14.0. The molecule has 1 rings (SSSR count). The number of nitrogens with one attached hydrogen (secondary N) is 1. The zero-order chi connectivity index (χ0) is 13.8. The Labute approximate surface area is 108 Å². The molecule has 0 aliphatic carbocycles. The van der Waals surface area contributed by atoms with E-state index in [9.17, 15) is 9.90 Å². The SMILES string of the molecule is CCc1cccc(CC)c1NCC(C)(O)C(=O)O. The first-order valence-electron chi connectivity index (χ1n) is 6.22. The van der Waals surface area contributed by atoms with Crippen molar-refractivity contribution >= 4 is 11.7 Å². The summed E-state index contributed by atoms with van der Waals surface area (Å²) >= 11 is 0. The topological polar surface area (TPSA) is 69.6 Å². The molecule has 0 fully saturated rings. The summed E-state index contributed by atoms with van der Waals surface area (Å²) in [5, 5.41) is 21.7. The number of carboxylic acids is 1. The molecule has 4 nitrogen and oxygen atoms in total. The van der Waals surface area contributed by atoms with Crippen LogP contribution in [0.25, 0.3) is 0 Å². The summed E-state index contributed by atoms with van der Waals surface area (Å²) in [5.41, 5.74) is 1.46. The second-order valence-corrected chi connectivity index (χ2v) is 4.59. The van der Waals surface area contributed by atoms with Crippen LogP contribution < -0.4 is 5.32 Å². The third-order valence-electron chi connectivity index (χ3n) is 3.07. The van der Waals surface area contributed by atoms with Crippen molar-refractivity contribution in [2.24, 2.45) is 0 Å². The van der Waals surface area contributed by atoms with Gasteiger partial charge in [-0.1, -0.05) is 32.0 Å². The van der Waals surface area contributed by atoms with Crippen molar-refractivity contribution in [3.63, 3.8) is 0 Å². The molecule has 100 valence electrons. The molecular weight excluding hydrogens is 230 g/mol. The average Bonchev–Trinajstić information content (AvgIpc) is 2.35. The van der Waals surface area contributed by atoms with Crippen LogP contribution >= 0.6 is 0 Å². The van der Waals surface area contributed by atoms with E-state index in [-0.39, 0.29) is 6.54 Å². The van der Waals surface area contributed by atoms with Crippen molar-refractivity contribution in [3.05, 3.63) is 29.3 Å². The van der Waals surface area contributed by atoms with E-state index < -0.39 is 11.6 Å². The molecule has 0 radical (unpaired) electrons. The molecule has 1 atom stereocenters. The molecule has 0 bridgehead atoms. The summed E-state index contributed by atoms with van der Waals surface area (Å²) in [4.78, 5) is 10.9. The highest BCUT2D eigenvalue weighted by atomic mass is 16.4. The van der Waals surface area contributed by atoms with Gasteiger partial charge in [-0.05, 0) is 30.9 Å². The lowest BCUT2D eigenvalue weighted by molar-refractivity contribution is -0.155. The molecular formula is C14H21NO3. The minimum atomic E-state index is -1.76. The number of aliphatic carboxylic acids is 1. The fraction of sp³-hybridized carbons (Fsp3) is 0.500. The zero-order valence-corrected chi connectivity index (χ0v) is 11.2. The summed E-state index contributed by atoms with van der Waals surface area (Å²) in [6.45, 7) is 5.39. The maximum Gasteiger partial charge on any atom is 0.337 e. The van der Waals surface area contributed by atoms with Gasteiger partial charge in [0.2, 0.25) is 0 Å². The second kappa shape index (κ2) is 5.87. The average molecular weight is 251 g/mol. The molecule has 18 heavy (non-hydrogen) atoms. The van der Waals surface area contributed by atoms with E-state index in [1.807, 2.05) is 18.2 Å². The van der Waals surface area contributed by atoms with Gasteiger partial charge in [-0.15, -0.1) is 0 Å². The number of carboxylic acid groups (broad SMARTS) is 1. The van der Waals surface area contributed by atoms with Gasteiger partial charge in [0.05, 0.1) is 6.54 Å². The standard InChI is InChI=1S/C14H21NO3/c1-4-10-7-6-8-11(5-2)12(10)15-9-14(3,18)13(16)17/h6-8,15,18H,4-5,9H2,1-3H3,(H,16,17). The highest BCUT2D eigenvalue weighted by Crippen LogP contribution is 2.23. The highest BCUT2D eigenvalue weighted by Gasteiger charge is 2.29. The van der Waals surface area contributed by atoms with E-state index >= 15 is 0 Å². The number of hydrogen-bond acceptors (Lipinski definition) is 3. The maximum absolute atomic E-state index is 10.9. The number of hydrogen-bond donors (Lipinski definition) is 3. The Morgan fingerprint density at radius 1 is 1.28 bits per heavy atom. The van der Waals surface area contributed by atoms with Crippen LogP contribution in [-0.4, -0.2) is 28.3 Å². The lowest BCUT2D eigenvalue weighted by Gasteiger charge is -2.22. The Morgan fingerprint density at radius 2 is 1.78 bits per heavy atom. The zero-order valence-electron chi connectivity index (χ0n) is 11.2. The van der Waals surface area contributed by atoms with E-state index in [1.165, 1.54) is 6.92 Å². The van der Waals surface area contributed by atoms with Gasteiger partial charge in [0.25, 0.3) is 0 Å². The molecule has 0 saturated heterocycles. The lowest BCUT2D eigenvalue weighted by Crippen LogP contribution is -2.42. The largest absolute Gasteiger partial charge is 0.479 e. The summed E-state index contributed by atoms with van der Waals surface area (Å²) in [6.07, 6.45) is 1.73. The van der Waals surface area contributed by atoms with Crippen molar-refractivity contribution in [1.82, 2.24) is 0 Å². The third kappa shape index (κ3) is 3.23. The van der Waals surface area contributed by atoms with Gasteiger partial charge >= 0.3 is 5.97 Å². The molecule has 1 unspecified atom stereocenters. The summed E-state index contributed by atoms with van der Waals surface area (Å²) in [5.74, 6) is -1.22. The molecule has 3 N–H and O–H groups in total. The van der Waals surface area contributed by atoms with E-state index in [0.717, 1.165) is 29.7 Å². The lowest BCUT2D eigenvalue weighted by atomic mass is 10.0. The fourth-order valence-electron chi connectivity index (χ4n) is 1.81. The second-order valence-electron chi connectivity index (χ2n) is 4.59. The molecule has 0 aliphatic rings. The van der Waals surface area contributed by atoms with Crippen molar-refractivity contribution in [2.75, 3.05) is 11.9 Å². The van der Waals surface area contributed by atoms with Crippen LogP contribution in [0.3, 0.4) is 0 Å². The smallest absolute Gasteiger partial charge is 0.337 e. The molecule has 0 aromatic heterocycles. The van der Waals surface area contributed by atoms with Gasteiger partial charge in [-0.25, -0.2) is 4.79 Å². The van der Waals surface area contributed by atoms with Crippen molar-refractivity contribution in [1.29, 1.82) is 0 Å². The predicted molar refractivity (Wildman–Crippen MR) is 71.9 cm³/mol. The van der Waals surface area contributed by atoms with E-state index in [0.29, 0.717) is 0 Å². The highest BCUT2D eigenvalue weighted by molar-refractivity contribution is 5.77. The summed E-state index contributed by atoms with van der Waals surface area (Å²) in [7, 11) is 0. The molecule has 0 heterocycles. The minimum Gasteiger partial charge on any atom is -0.479 e. The predicted octanol–water partition coefficient (Wildman–Crippen LogP) is 2.06. The number of aryl methyl sites for hydroxylation is 2. The van der Waals surface area contributed by atoms with Gasteiger partial charge in [-0.2, -0.15) is 0 Å². The summed E-state index contributed by atoms with van der Waals surface area (Å²) in [6, 6.07) is 6.02. The molecule has 1 aromatic rings. The van der Waals surface area contributed by atoms with Gasteiger partial charge in [0.15, 0.2) is 5.60 Å². The Balaban J connectivity index is 2.93. The molecule has 0 spiro atoms. The molecule has 0 amide bonds. The van der Waals surface area contributed by atoms with Gasteiger partial charge in [0.1, 0.15) is 0 Å². The van der Waals surface area contributed by atoms with Crippen LogP contribution in [0.1, 0.15) is 31.9 Å². The molecule has 0 saturated carbocycles. The maximum atomic E-state index is 10.9. The number of carbonyl (C=O) groups is 1. The van der Waals surface area contributed by atoms with E-state index in [1.54, 1.807) is 0 Å². The monoisotopic (exact) mass is 251 g/mol. The van der Waals surface area contributed by atoms with Crippen LogP contribution in [0.4, 0.5) is 5.69 Å². The number of anilines is 1. The van der Waals surface area contributed by atoms with Crippen LogP contribution in [0.5, 0.6) is 0 Å². The Morgan fingerprint density at radius 3 is 2.17 bits per heavy atom. The van der Waals surface area contributed by atoms with Crippen molar-refractivity contribution < 1.29 is 15.0 Å². The number of rotatable bonds is 6. The number of benzene rings is 1. The summed E-state index contributed by atoms with van der Waals surface area (Å²) < 4.78 is 0. The fourth-order valence-corrected chi connectivity index (χ4v) is 1.81. The molecule has 0 aliphatic heterocycles. The van der Waals surface area contributed by atoms with Crippen molar-refractivity contribution in [2.45, 2.75) is 39.2 Å². The van der Waals surface area contributed by atoms with Crippen LogP contribution in [0.15, 0.2) is 18.2 Å².